The predicted molar refractivity (Wildman–Crippen MR) is 122 cm³/mol. The molecule has 31 heavy (non-hydrogen) atoms. The summed E-state index contributed by atoms with van der Waals surface area (Å²) in [6, 6.07) is 8.00. The van der Waals surface area contributed by atoms with Gasteiger partial charge in [0.05, 0.1) is 19.8 Å². The minimum Gasteiger partial charge on any atom is -0.444 e. The van der Waals surface area contributed by atoms with Crippen LogP contribution in [0.25, 0.3) is 0 Å². The van der Waals surface area contributed by atoms with Crippen molar-refractivity contribution in [3.05, 3.63) is 24.3 Å². The van der Waals surface area contributed by atoms with E-state index in [1.807, 2.05) is 45.0 Å². The van der Waals surface area contributed by atoms with Crippen LogP contribution in [0.1, 0.15) is 33.6 Å². The van der Waals surface area contributed by atoms with Gasteiger partial charge < -0.3 is 25.0 Å². The first kappa shape index (κ1) is 23.3. The van der Waals surface area contributed by atoms with Gasteiger partial charge in [0.2, 0.25) is 5.91 Å². The molecule has 0 unspecified atom stereocenters. The number of benzene rings is 1. The van der Waals surface area contributed by atoms with Gasteiger partial charge in [0.15, 0.2) is 0 Å². The number of carbonyl (C=O) groups excluding carboxylic acids is 2. The molecular weight excluding hydrogens is 396 g/mol. The van der Waals surface area contributed by atoms with E-state index in [-0.39, 0.29) is 12.0 Å². The standard InChI is InChI=1S/C23H36N4O4/c1-23(2,3)31-22(29)24-16-18-8-10-26(11-9-18)17-21(28)25-19-4-6-20(7-5-19)27-12-14-30-15-13-27/h4-7,18H,8-17H2,1-3H3,(H,24,29)(H,25,28). The zero-order valence-corrected chi connectivity index (χ0v) is 19.0. The maximum Gasteiger partial charge on any atom is 0.407 e. The molecule has 0 spiro atoms. The SMILES string of the molecule is CC(C)(C)OC(=O)NCC1CCN(CC(=O)Nc2ccc(N3CCOCC3)cc2)CC1. The second-order valence-electron chi connectivity index (χ2n) is 9.30. The molecule has 1 aromatic rings. The first-order valence-electron chi connectivity index (χ1n) is 11.2. The van der Waals surface area contributed by atoms with Crippen LogP contribution in [0.4, 0.5) is 16.2 Å². The Morgan fingerprint density at radius 3 is 2.32 bits per heavy atom. The van der Waals surface area contributed by atoms with Crippen LogP contribution in [-0.2, 0) is 14.3 Å². The third-order valence-electron chi connectivity index (χ3n) is 5.54. The van der Waals surface area contributed by atoms with Gasteiger partial charge >= 0.3 is 6.09 Å². The summed E-state index contributed by atoms with van der Waals surface area (Å²) >= 11 is 0. The van der Waals surface area contributed by atoms with Gasteiger partial charge in [-0.1, -0.05) is 0 Å². The quantitative estimate of drug-likeness (QED) is 0.719. The van der Waals surface area contributed by atoms with Crippen molar-refractivity contribution in [1.82, 2.24) is 10.2 Å². The number of amides is 2. The molecule has 0 saturated carbocycles. The van der Waals surface area contributed by atoms with Crippen molar-refractivity contribution in [2.75, 3.05) is 62.7 Å². The van der Waals surface area contributed by atoms with Crippen LogP contribution < -0.4 is 15.5 Å². The smallest absolute Gasteiger partial charge is 0.407 e. The van der Waals surface area contributed by atoms with Crippen molar-refractivity contribution in [1.29, 1.82) is 0 Å². The Morgan fingerprint density at radius 1 is 1.06 bits per heavy atom. The molecule has 0 aromatic heterocycles. The third kappa shape index (κ3) is 8.03. The predicted octanol–water partition coefficient (Wildman–Crippen LogP) is 2.70. The lowest BCUT2D eigenvalue weighted by molar-refractivity contribution is -0.117. The molecule has 1 aromatic carbocycles. The molecule has 2 aliphatic rings. The van der Waals surface area contributed by atoms with Crippen LogP contribution in [0.5, 0.6) is 0 Å². The van der Waals surface area contributed by atoms with Crippen molar-refractivity contribution in [2.24, 2.45) is 5.92 Å². The second kappa shape index (κ2) is 10.8. The van der Waals surface area contributed by atoms with E-state index >= 15 is 0 Å². The Balaban J connectivity index is 1.35. The molecule has 172 valence electrons. The summed E-state index contributed by atoms with van der Waals surface area (Å²) in [4.78, 5) is 28.7. The number of hydrogen-bond acceptors (Lipinski definition) is 6. The Kier molecular flexibility index (Phi) is 8.15. The van der Waals surface area contributed by atoms with E-state index < -0.39 is 5.60 Å². The fraction of sp³-hybridized carbons (Fsp3) is 0.652. The number of likely N-dealkylation sites (tertiary alicyclic amines) is 1. The highest BCUT2D eigenvalue weighted by Crippen LogP contribution is 2.20. The van der Waals surface area contributed by atoms with E-state index in [1.54, 1.807) is 0 Å². The zero-order valence-electron chi connectivity index (χ0n) is 19.0. The van der Waals surface area contributed by atoms with Crippen molar-refractivity contribution < 1.29 is 19.1 Å². The van der Waals surface area contributed by atoms with Crippen LogP contribution in [-0.4, -0.2) is 75.0 Å². The molecule has 8 nitrogen and oxygen atoms in total. The first-order valence-corrected chi connectivity index (χ1v) is 11.2. The van der Waals surface area contributed by atoms with Gasteiger partial charge in [-0.15, -0.1) is 0 Å². The monoisotopic (exact) mass is 432 g/mol. The number of anilines is 2. The Morgan fingerprint density at radius 2 is 1.71 bits per heavy atom. The van der Waals surface area contributed by atoms with Gasteiger partial charge in [0, 0.05) is 31.0 Å². The molecular formula is C23H36N4O4. The number of piperidine rings is 1. The van der Waals surface area contributed by atoms with Crippen LogP contribution in [0.15, 0.2) is 24.3 Å². The lowest BCUT2D eigenvalue weighted by Crippen LogP contribution is -2.42. The normalized spacial score (nSPS) is 18.5. The van der Waals surface area contributed by atoms with Gasteiger partial charge in [-0.2, -0.15) is 0 Å². The molecule has 0 aliphatic carbocycles. The van der Waals surface area contributed by atoms with Gasteiger partial charge in [0.1, 0.15) is 5.60 Å². The Bertz CT molecular complexity index is 718. The van der Waals surface area contributed by atoms with Gasteiger partial charge in [-0.3, -0.25) is 9.69 Å². The number of carbonyl (C=O) groups is 2. The van der Waals surface area contributed by atoms with Crippen LogP contribution in [0.3, 0.4) is 0 Å². The maximum absolute atomic E-state index is 12.4. The number of morpholine rings is 1. The summed E-state index contributed by atoms with van der Waals surface area (Å²) < 4.78 is 10.7. The van der Waals surface area contributed by atoms with Crippen molar-refractivity contribution in [3.8, 4) is 0 Å². The lowest BCUT2D eigenvalue weighted by Gasteiger charge is -2.31. The summed E-state index contributed by atoms with van der Waals surface area (Å²) in [7, 11) is 0. The number of nitrogens with one attached hydrogen (secondary N) is 2. The van der Waals surface area contributed by atoms with E-state index in [0.717, 1.165) is 63.6 Å². The van der Waals surface area contributed by atoms with E-state index in [9.17, 15) is 9.59 Å². The summed E-state index contributed by atoms with van der Waals surface area (Å²) in [6.07, 6.45) is 1.54. The molecule has 3 rings (SSSR count). The number of alkyl carbamates (subject to hydrolysis) is 1. The Labute approximate surface area is 185 Å². The molecule has 0 radical (unpaired) electrons. The van der Waals surface area contributed by atoms with Crippen molar-refractivity contribution in [2.45, 2.75) is 39.2 Å². The highest BCUT2D eigenvalue weighted by molar-refractivity contribution is 5.92. The third-order valence-corrected chi connectivity index (χ3v) is 5.54. The number of hydrogen-bond donors (Lipinski definition) is 2. The van der Waals surface area contributed by atoms with Crippen LogP contribution >= 0.6 is 0 Å². The van der Waals surface area contributed by atoms with Crippen LogP contribution in [0.2, 0.25) is 0 Å². The second-order valence-corrected chi connectivity index (χ2v) is 9.30. The summed E-state index contributed by atoms with van der Waals surface area (Å²) in [6.45, 7) is 11.6. The molecule has 2 amide bonds. The number of ether oxygens (including phenoxy) is 2. The van der Waals surface area contributed by atoms with E-state index in [0.29, 0.717) is 19.0 Å². The van der Waals surface area contributed by atoms with E-state index in [2.05, 4.69) is 20.4 Å². The van der Waals surface area contributed by atoms with Crippen molar-refractivity contribution >= 4 is 23.4 Å². The molecule has 2 fully saturated rings. The average Bonchev–Trinajstić information content (AvgIpc) is 2.73. The fourth-order valence-corrected chi connectivity index (χ4v) is 3.87. The summed E-state index contributed by atoms with van der Waals surface area (Å²) in [5.41, 5.74) is 1.49. The van der Waals surface area contributed by atoms with Gasteiger partial charge in [-0.25, -0.2) is 4.79 Å². The highest BCUT2D eigenvalue weighted by atomic mass is 16.6. The topological polar surface area (TPSA) is 83.1 Å². The summed E-state index contributed by atoms with van der Waals surface area (Å²) in [5, 5.41) is 5.85. The van der Waals surface area contributed by atoms with Crippen LogP contribution in [0, 0.1) is 5.92 Å². The fourth-order valence-electron chi connectivity index (χ4n) is 3.87. The number of nitrogens with zero attached hydrogens (tertiary/aromatic N) is 2. The van der Waals surface area contributed by atoms with Crippen molar-refractivity contribution in [3.63, 3.8) is 0 Å². The first-order chi connectivity index (χ1) is 14.8. The highest BCUT2D eigenvalue weighted by Gasteiger charge is 2.23. The molecule has 2 saturated heterocycles. The molecule has 2 aliphatic heterocycles. The molecule has 0 bridgehead atoms. The van der Waals surface area contributed by atoms with E-state index in [4.69, 9.17) is 9.47 Å². The zero-order chi connectivity index (χ0) is 22.3. The molecule has 2 N–H and O–H groups in total. The van der Waals surface area contributed by atoms with E-state index in [1.165, 1.54) is 0 Å². The van der Waals surface area contributed by atoms with Gasteiger partial charge in [-0.05, 0) is 76.9 Å². The number of rotatable bonds is 6. The average molecular weight is 433 g/mol. The maximum atomic E-state index is 12.4. The molecule has 0 atom stereocenters. The minimum absolute atomic E-state index is 0.00412. The largest absolute Gasteiger partial charge is 0.444 e. The van der Waals surface area contributed by atoms with Gasteiger partial charge in [0.25, 0.3) is 0 Å². The lowest BCUT2D eigenvalue weighted by atomic mass is 9.97. The summed E-state index contributed by atoms with van der Waals surface area (Å²) in [5.74, 6) is 0.420. The molecule has 8 heteroatoms. The minimum atomic E-state index is -0.483. The molecule has 2 heterocycles. The Hall–Kier alpha value is -2.32.